The van der Waals surface area contributed by atoms with E-state index in [4.69, 9.17) is 37.2 Å². The van der Waals surface area contributed by atoms with Gasteiger partial charge in [0, 0.05) is 34.1 Å². The van der Waals surface area contributed by atoms with Gasteiger partial charge in [0.05, 0.1) is 0 Å². The van der Waals surface area contributed by atoms with Crippen molar-refractivity contribution in [3.63, 3.8) is 0 Å². The van der Waals surface area contributed by atoms with Crippen molar-refractivity contribution in [2.45, 2.75) is 22.8 Å². The van der Waals surface area contributed by atoms with Crippen molar-refractivity contribution in [3.8, 4) is 0 Å². The largest absolute Gasteiger partial charge is 0 e. The van der Waals surface area contributed by atoms with Crippen molar-refractivity contribution >= 4 is 44.6 Å². The molecule has 0 bridgehead atoms. The molecular formula is C12H10Mn2O8Te2. The van der Waals surface area contributed by atoms with Crippen molar-refractivity contribution in [1.82, 2.24) is 0 Å². The Kier molecular flexibility index (Phi) is 6690. The van der Waals surface area contributed by atoms with E-state index < -0.39 is 0 Å². The summed E-state index contributed by atoms with van der Waals surface area (Å²) in [6.07, 6.45) is 0. The molecule has 0 heterocycles. The second-order valence-corrected chi connectivity index (χ2v) is 3.87. The summed E-state index contributed by atoms with van der Waals surface area (Å²) in [7, 11) is 0. The van der Waals surface area contributed by atoms with Gasteiger partial charge in [-0.25, -0.2) is 0 Å². The molecule has 0 saturated heterocycles. The molecule has 24 heavy (non-hydrogen) atoms. The fourth-order valence-electron chi connectivity index (χ4n) is 0. The van der Waals surface area contributed by atoms with E-state index in [1.165, 1.54) is 8.94 Å². The summed E-state index contributed by atoms with van der Waals surface area (Å²) >= 11 is 4.14. The third-order valence-corrected chi connectivity index (χ3v) is 0. The summed E-state index contributed by atoms with van der Waals surface area (Å²) in [5, 5.41) is 0. The molecule has 0 aliphatic carbocycles. The van der Waals surface area contributed by atoms with Crippen molar-refractivity contribution in [2.75, 3.05) is 0 Å². The van der Waals surface area contributed by atoms with Crippen LogP contribution in [0, 0.1) is 53.2 Å². The number of rotatable bonds is 0. The Bertz CT molecular complexity index is 171. The molecule has 0 aromatic rings. The Morgan fingerprint density at radius 2 is 0.417 bits per heavy atom. The zero-order chi connectivity index (χ0) is 21.4. The molecule has 132 valence electrons. The maximum Gasteiger partial charge on any atom is 0 e. The average molecular weight is 647 g/mol. The summed E-state index contributed by atoms with van der Waals surface area (Å²) in [4.78, 5) is 0. The molecule has 0 rings (SSSR count). The van der Waals surface area contributed by atoms with E-state index in [0.29, 0.717) is 0 Å². The fourth-order valence-corrected chi connectivity index (χ4v) is 0. The van der Waals surface area contributed by atoms with Gasteiger partial charge in [0.2, 0.25) is 0 Å². The fraction of sp³-hybridized carbons (Fsp3) is 0.333. The van der Waals surface area contributed by atoms with Gasteiger partial charge in [0.15, 0.2) is 0 Å². The zero-order valence-corrected chi connectivity index (χ0v) is 19.3. The predicted octanol–water partition coefficient (Wildman–Crippen LogP) is 0.881. The molecule has 0 atom stereocenters. The van der Waals surface area contributed by atoms with Crippen LogP contribution in [-0.4, -0.2) is 44.6 Å². The molecule has 0 saturated carbocycles. The summed E-state index contributed by atoms with van der Waals surface area (Å²) in [5.41, 5.74) is 0. The first-order chi connectivity index (χ1) is 10.8. The summed E-state index contributed by atoms with van der Waals surface area (Å²) in [6, 6.07) is 0. The maximum absolute atomic E-state index is 7.50. The van der Waals surface area contributed by atoms with E-state index in [2.05, 4.69) is 112 Å². The van der Waals surface area contributed by atoms with Crippen LogP contribution in [0.1, 0.15) is 13.8 Å². The van der Waals surface area contributed by atoms with Gasteiger partial charge in [0.1, 0.15) is 0 Å². The topological polar surface area (TPSA) is 159 Å². The van der Waals surface area contributed by atoms with Crippen molar-refractivity contribution in [2.24, 2.45) is 0 Å². The quantitative estimate of drug-likeness (QED) is 0.208. The normalized spacial score (nSPS) is 2.17. The van der Waals surface area contributed by atoms with Gasteiger partial charge in [-0.2, -0.15) is 0 Å². The summed E-state index contributed by atoms with van der Waals surface area (Å²) < 4.78 is 62.5. The van der Waals surface area contributed by atoms with Crippen LogP contribution in [0.5, 0.6) is 0 Å². The monoisotopic (exact) mass is 652 g/mol. The molecule has 0 aromatic heterocycles. The van der Waals surface area contributed by atoms with E-state index >= 15 is 0 Å². The Labute approximate surface area is 190 Å². The molecule has 4 radical (unpaired) electrons. The van der Waals surface area contributed by atoms with Crippen LogP contribution in [0.25, 0.3) is 0 Å². The van der Waals surface area contributed by atoms with Crippen LogP contribution in [0.3, 0.4) is 0 Å². The Morgan fingerprint density at radius 3 is 0.417 bits per heavy atom. The minimum Gasteiger partial charge on any atom is 0 e. The van der Waals surface area contributed by atoms with E-state index in [1.54, 1.807) is 0 Å². The molecular weight excluding hydrogens is 637 g/mol. The molecule has 0 N–H and O–H groups in total. The second-order valence-electron chi connectivity index (χ2n) is 0.577. The predicted molar refractivity (Wildman–Crippen MR) is 63.9 cm³/mol. The molecule has 0 amide bonds. The summed E-state index contributed by atoms with van der Waals surface area (Å²) in [5.74, 6) is 0. The Balaban J connectivity index is -0.00000000665. The van der Waals surface area contributed by atoms with Gasteiger partial charge >= 0.3 is 158 Å². The van der Waals surface area contributed by atoms with Gasteiger partial charge in [0.25, 0.3) is 0 Å². The summed E-state index contributed by atoms with van der Waals surface area (Å²) in [6.45, 7) is 40.3. The van der Waals surface area contributed by atoms with Crippen molar-refractivity contribution < 1.29 is 71.4 Å². The SMILES string of the molecule is CC[Te].CC[Te].[C-]#[O+].[C-]#[O+].[C-]#[O+].[C-]#[O+].[C-]#[O+].[C-]#[O+].[C-]#[O+].[C-]#[O+].[Mn].[Mn]. The number of hydrogen-bond acceptors (Lipinski definition) is 0. The van der Waals surface area contributed by atoms with Crippen LogP contribution in [0.15, 0.2) is 0 Å². The van der Waals surface area contributed by atoms with Crippen LogP contribution in [0.2, 0.25) is 8.94 Å². The third-order valence-electron chi connectivity index (χ3n) is 0. The minimum atomic E-state index is 0. The Hall–Kier alpha value is 0.538. The number of hydrogen-bond donors (Lipinski definition) is 0. The van der Waals surface area contributed by atoms with Crippen molar-refractivity contribution in [1.29, 1.82) is 0 Å². The van der Waals surface area contributed by atoms with Gasteiger partial charge in [-0.15, -0.1) is 0 Å². The minimum absolute atomic E-state index is 0. The van der Waals surface area contributed by atoms with E-state index in [9.17, 15) is 0 Å². The first kappa shape index (κ1) is 86.5. The molecule has 12 heteroatoms. The van der Waals surface area contributed by atoms with Crippen molar-refractivity contribution in [3.05, 3.63) is 53.2 Å². The Morgan fingerprint density at radius 1 is 0.417 bits per heavy atom. The van der Waals surface area contributed by atoms with E-state index in [-0.39, 0.29) is 34.1 Å². The zero-order valence-electron chi connectivity index (χ0n) is 12.3. The molecule has 0 aromatic carbocycles. The average Bonchev–Trinajstić information content (AvgIpc) is 2.69. The van der Waals surface area contributed by atoms with Gasteiger partial charge in [-0.3, -0.25) is 0 Å². The molecule has 0 aliphatic rings. The van der Waals surface area contributed by atoms with Gasteiger partial charge in [-0.1, -0.05) is 0 Å². The molecule has 0 unspecified atom stereocenters. The smallest absolute Gasteiger partial charge is 0 e. The maximum atomic E-state index is 7.50. The standard InChI is InChI=1S/2C2H5Te.8CO.2Mn/c2*1-2-3;8*1-2;;/h2*2H2,1H3;;;;;;;;;;. The van der Waals surface area contributed by atoms with Crippen LogP contribution in [-0.2, 0) is 71.4 Å². The van der Waals surface area contributed by atoms with Crippen LogP contribution in [0.4, 0.5) is 0 Å². The van der Waals surface area contributed by atoms with Crippen LogP contribution >= 0.6 is 0 Å². The first-order valence-electron chi connectivity index (χ1n) is 3.62. The molecule has 8 nitrogen and oxygen atoms in total. The third kappa shape index (κ3) is 36100. The first-order valence-corrected chi connectivity index (χ1v) is 6.92. The molecule has 0 aliphatic heterocycles. The van der Waals surface area contributed by atoms with Gasteiger partial charge in [-0.05, 0) is 0 Å². The van der Waals surface area contributed by atoms with Crippen LogP contribution < -0.4 is 0 Å². The molecule has 0 fully saturated rings. The second kappa shape index (κ2) is 1860. The van der Waals surface area contributed by atoms with E-state index in [1.807, 2.05) is 0 Å². The van der Waals surface area contributed by atoms with Gasteiger partial charge < -0.3 is 0 Å². The van der Waals surface area contributed by atoms with E-state index in [0.717, 1.165) is 0 Å². The molecule has 0 spiro atoms.